The summed E-state index contributed by atoms with van der Waals surface area (Å²) in [4.78, 5) is 23.0. The van der Waals surface area contributed by atoms with E-state index in [2.05, 4.69) is 33.2 Å². The maximum Gasteiger partial charge on any atom is 0.321 e. The highest BCUT2D eigenvalue weighted by Crippen LogP contribution is 1.93. The molecule has 8 nitrogen and oxygen atoms in total. The van der Waals surface area contributed by atoms with E-state index >= 15 is 0 Å². The van der Waals surface area contributed by atoms with Gasteiger partial charge in [-0.1, -0.05) is 25.5 Å². The van der Waals surface area contributed by atoms with Gasteiger partial charge in [-0.15, -0.1) is 5.10 Å². The van der Waals surface area contributed by atoms with Crippen molar-refractivity contribution in [1.82, 2.24) is 30.9 Å². The van der Waals surface area contributed by atoms with Crippen LogP contribution in [0.1, 0.15) is 38.8 Å². The molecule has 0 saturated carbocycles. The highest BCUT2D eigenvalue weighted by atomic mass is 16.2. The van der Waals surface area contributed by atoms with Crippen molar-refractivity contribution in [2.75, 3.05) is 13.1 Å². The Hall–Kier alpha value is -1.96. The zero-order valence-corrected chi connectivity index (χ0v) is 12.7. The lowest BCUT2D eigenvalue weighted by Crippen LogP contribution is -2.41. The number of carbonyl (C=O) groups excluding carboxylic acids is 2. The van der Waals surface area contributed by atoms with Crippen molar-refractivity contribution in [2.45, 2.75) is 46.2 Å². The Morgan fingerprint density at radius 3 is 2.76 bits per heavy atom. The van der Waals surface area contributed by atoms with Gasteiger partial charge in [0, 0.05) is 13.1 Å². The van der Waals surface area contributed by atoms with E-state index in [9.17, 15) is 9.59 Å². The van der Waals surface area contributed by atoms with E-state index in [1.165, 1.54) is 4.68 Å². The summed E-state index contributed by atoms with van der Waals surface area (Å²) < 4.78 is 1.41. The molecule has 0 atom stereocenters. The number of urea groups is 1. The Morgan fingerprint density at radius 2 is 2.05 bits per heavy atom. The third kappa shape index (κ3) is 7.40. The monoisotopic (exact) mass is 296 g/mol. The predicted octanol–water partition coefficient (Wildman–Crippen LogP) is 0.404. The van der Waals surface area contributed by atoms with E-state index < -0.39 is 11.9 Å². The lowest BCUT2D eigenvalue weighted by atomic mass is 10.3. The van der Waals surface area contributed by atoms with Crippen LogP contribution in [0.15, 0.2) is 6.20 Å². The Bertz CT molecular complexity index is 446. The Labute approximate surface area is 124 Å². The van der Waals surface area contributed by atoms with Crippen molar-refractivity contribution < 1.29 is 9.59 Å². The van der Waals surface area contributed by atoms with Gasteiger partial charge in [0.05, 0.1) is 11.9 Å². The number of amides is 3. The van der Waals surface area contributed by atoms with Crippen molar-refractivity contribution in [3.05, 3.63) is 11.9 Å². The average Bonchev–Trinajstić information content (AvgIpc) is 2.86. The van der Waals surface area contributed by atoms with Crippen LogP contribution >= 0.6 is 0 Å². The molecule has 0 spiro atoms. The van der Waals surface area contributed by atoms with E-state index in [1.54, 1.807) is 6.20 Å². The van der Waals surface area contributed by atoms with Gasteiger partial charge in [0.2, 0.25) is 5.91 Å². The highest BCUT2D eigenvalue weighted by molar-refractivity contribution is 5.94. The Kier molecular flexibility index (Phi) is 8.03. The van der Waals surface area contributed by atoms with Crippen LogP contribution in [-0.4, -0.2) is 40.0 Å². The molecule has 8 heteroatoms. The fourth-order valence-corrected chi connectivity index (χ4v) is 1.63. The maximum atomic E-state index is 11.6. The van der Waals surface area contributed by atoms with Crippen LogP contribution in [0.4, 0.5) is 4.79 Å². The summed E-state index contributed by atoms with van der Waals surface area (Å²) in [7, 11) is 0. The second-order valence-corrected chi connectivity index (χ2v) is 4.74. The molecule has 21 heavy (non-hydrogen) atoms. The number of aromatic nitrogens is 3. The molecule has 0 radical (unpaired) electrons. The third-order valence-corrected chi connectivity index (χ3v) is 2.69. The zero-order valence-electron chi connectivity index (χ0n) is 12.7. The SMILES string of the molecule is CCCCNC(=O)NC(=O)Cn1cc(CNCCC)nn1. The summed E-state index contributed by atoms with van der Waals surface area (Å²) in [5.41, 5.74) is 0.767. The van der Waals surface area contributed by atoms with E-state index in [4.69, 9.17) is 0 Å². The Morgan fingerprint density at radius 1 is 1.24 bits per heavy atom. The molecular weight excluding hydrogens is 272 g/mol. The third-order valence-electron chi connectivity index (χ3n) is 2.69. The number of carbonyl (C=O) groups is 2. The quantitative estimate of drug-likeness (QED) is 0.573. The molecule has 1 rings (SSSR count). The number of nitrogens with zero attached hydrogens (tertiary/aromatic N) is 3. The van der Waals surface area contributed by atoms with Gasteiger partial charge >= 0.3 is 6.03 Å². The van der Waals surface area contributed by atoms with Gasteiger partial charge in [0.25, 0.3) is 0 Å². The predicted molar refractivity (Wildman–Crippen MR) is 78.5 cm³/mol. The summed E-state index contributed by atoms with van der Waals surface area (Å²) in [6.07, 6.45) is 4.61. The van der Waals surface area contributed by atoms with Crippen molar-refractivity contribution in [2.24, 2.45) is 0 Å². The molecule has 3 N–H and O–H groups in total. The smallest absolute Gasteiger partial charge is 0.321 e. The molecule has 1 heterocycles. The van der Waals surface area contributed by atoms with Crippen molar-refractivity contribution in [3.63, 3.8) is 0 Å². The minimum Gasteiger partial charge on any atom is -0.338 e. The molecule has 0 aliphatic carbocycles. The summed E-state index contributed by atoms with van der Waals surface area (Å²) >= 11 is 0. The van der Waals surface area contributed by atoms with E-state index in [0.29, 0.717) is 13.1 Å². The molecule has 0 aromatic carbocycles. The standard InChI is InChI=1S/C13H24N6O2/c1-3-5-7-15-13(21)16-12(20)10-19-9-11(17-18-19)8-14-6-4-2/h9,14H,3-8,10H2,1-2H3,(H2,15,16,20,21). The van der Waals surface area contributed by atoms with Crippen LogP contribution in [-0.2, 0) is 17.9 Å². The molecule has 3 amide bonds. The van der Waals surface area contributed by atoms with Crippen LogP contribution < -0.4 is 16.0 Å². The summed E-state index contributed by atoms with van der Waals surface area (Å²) in [5, 5.41) is 15.9. The number of unbranched alkanes of at least 4 members (excludes halogenated alkanes) is 1. The van der Waals surface area contributed by atoms with Gasteiger partial charge in [0.1, 0.15) is 6.54 Å². The van der Waals surface area contributed by atoms with Crippen LogP contribution in [0.2, 0.25) is 0 Å². The molecule has 0 aliphatic heterocycles. The van der Waals surface area contributed by atoms with Gasteiger partial charge in [-0.2, -0.15) is 0 Å². The van der Waals surface area contributed by atoms with Crippen molar-refractivity contribution >= 4 is 11.9 Å². The lowest BCUT2D eigenvalue weighted by molar-refractivity contribution is -0.120. The number of imide groups is 1. The first kappa shape index (κ1) is 17.1. The molecule has 0 aliphatic rings. The second-order valence-electron chi connectivity index (χ2n) is 4.74. The topological polar surface area (TPSA) is 101 Å². The van der Waals surface area contributed by atoms with Crippen LogP contribution in [0.25, 0.3) is 0 Å². The minimum atomic E-state index is -0.474. The van der Waals surface area contributed by atoms with E-state index in [0.717, 1.165) is 31.5 Å². The average molecular weight is 296 g/mol. The highest BCUT2D eigenvalue weighted by Gasteiger charge is 2.09. The van der Waals surface area contributed by atoms with Crippen molar-refractivity contribution in [1.29, 1.82) is 0 Å². The van der Waals surface area contributed by atoms with Gasteiger partial charge in [-0.05, 0) is 19.4 Å². The Balaban J connectivity index is 2.29. The second kappa shape index (κ2) is 9.87. The summed E-state index contributed by atoms with van der Waals surface area (Å²) in [5.74, 6) is -0.415. The number of hydrogen-bond acceptors (Lipinski definition) is 5. The van der Waals surface area contributed by atoms with Crippen LogP contribution in [0.5, 0.6) is 0 Å². The van der Waals surface area contributed by atoms with Gasteiger partial charge in [-0.25, -0.2) is 9.48 Å². The molecule has 0 fully saturated rings. The first-order valence-corrected chi connectivity index (χ1v) is 7.33. The first-order chi connectivity index (χ1) is 10.2. The minimum absolute atomic E-state index is 0.0258. The van der Waals surface area contributed by atoms with Crippen LogP contribution in [0.3, 0.4) is 0 Å². The summed E-state index contributed by atoms with van der Waals surface area (Å²) in [6.45, 7) is 6.18. The lowest BCUT2D eigenvalue weighted by Gasteiger charge is -2.05. The van der Waals surface area contributed by atoms with E-state index in [-0.39, 0.29) is 6.54 Å². The van der Waals surface area contributed by atoms with Gasteiger partial charge in [-0.3, -0.25) is 10.1 Å². The molecule has 1 aromatic rings. The number of nitrogens with one attached hydrogen (secondary N) is 3. The number of rotatable bonds is 9. The van der Waals surface area contributed by atoms with E-state index in [1.807, 2.05) is 6.92 Å². The molecular formula is C13H24N6O2. The van der Waals surface area contributed by atoms with Crippen LogP contribution in [0, 0.1) is 0 Å². The van der Waals surface area contributed by atoms with Gasteiger partial charge < -0.3 is 10.6 Å². The first-order valence-electron chi connectivity index (χ1n) is 7.33. The molecule has 0 unspecified atom stereocenters. The maximum absolute atomic E-state index is 11.6. The number of hydrogen-bond donors (Lipinski definition) is 3. The largest absolute Gasteiger partial charge is 0.338 e. The summed E-state index contributed by atoms with van der Waals surface area (Å²) in [6, 6.07) is -0.474. The molecule has 118 valence electrons. The fourth-order valence-electron chi connectivity index (χ4n) is 1.63. The zero-order chi connectivity index (χ0) is 15.5. The van der Waals surface area contributed by atoms with Crippen molar-refractivity contribution in [3.8, 4) is 0 Å². The molecule has 1 aromatic heterocycles. The molecule has 0 bridgehead atoms. The fraction of sp³-hybridized carbons (Fsp3) is 0.692. The van der Waals surface area contributed by atoms with Gasteiger partial charge in [0.15, 0.2) is 0 Å². The molecule has 0 saturated heterocycles. The normalized spacial score (nSPS) is 10.4.